The van der Waals surface area contributed by atoms with Gasteiger partial charge in [-0.25, -0.2) is 17.6 Å². The molecule has 20 heavy (non-hydrogen) atoms. The molecule has 1 saturated heterocycles. The lowest BCUT2D eigenvalue weighted by atomic mass is 9.76. The summed E-state index contributed by atoms with van der Waals surface area (Å²) in [6.07, 6.45) is 0.0820. The van der Waals surface area contributed by atoms with Gasteiger partial charge in [0.15, 0.2) is 17.3 Å². The summed E-state index contributed by atoms with van der Waals surface area (Å²) in [6, 6.07) is 2.29. The van der Waals surface area contributed by atoms with Gasteiger partial charge in [-0.3, -0.25) is 5.32 Å². The first-order valence-corrected chi connectivity index (χ1v) is 6.29. The highest BCUT2D eigenvalue weighted by molar-refractivity contribution is 5.61. The summed E-state index contributed by atoms with van der Waals surface area (Å²) in [6.45, 7) is 0.240. The fraction of sp³-hybridized carbons (Fsp3) is 0.500. The summed E-state index contributed by atoms with van der Waals surface area (Å²) in [7, 11) is 0. The second-order valence-electron chi connectivity index (χ2n) is 5.36. The Hall–Kier alpha value is -1.43. The molecule has 1 aromatic rings. The molecular weight excluding hydrogens is 274 g/mol. The fourth-order valence-corrected chi connectivity index (χ4v) is 2.61. The Morgan fingerprint density at radius 1 is 1.40 bits per heavy atom. The standard InChI is InChI=1S/C14H15F4NO/c1-13(9-3-2-4-10(16)12(9)17)5-6-14(18,8-15)11(7-20)19-13/h2-4,7,11,19H,5-6,8H2,1H3/t11?,13-,14?/m0/s1. The van der Waals surface area contributed by atoms with Gasteiger partial charge in [-0.05, 0) is 25.8 Å². The van der Waals surface area contributed by atoms with Crippen LogP contribution < -0.4 is 5.32 Å². The van der Waals surface area contributed by atoms with Crippen LogP contribution >= 0.6 is 0 Å². The normalized spacial score (nSPS) is 34.0. The molecule has 1 aliphatic rings. The van der Waals surface area contributed by atoms with Crippen molar-refractivity contribution in [2.24, 2.45) is 0 Å². The highest BCUT2D eigenvalue weighted by Gasteiger charge is 2.49. The molecular formula is C14H15F4NO. The van der Waals surface area contributed by atoms with Crippen LogP contribution in [-0.4, -0.2) is 24.7 Å². The van der Waals surface area contributed by atoms with Gasteiger partial charge in [-0.1, -0.05) is 12.1 Å². The number of piperidine rings is 1. The van der Waals surface area contributed by atoms with E-state index in [1.165, 1.54) is 12.1 Å². The van der Waals surface area contributed by atoms with Crippen molar-refractivity contribution in [3.8, 4) is 0 Å². The van der Waals surface area contributed by atoms with Crippen molar-refractivity contribution in [2.75, 3.05) is 6.67 Å². The highest BCUT2D eigenvalue weighted by Crippen LogP contribution is 2.39. The van der Waals surface area contributed by atoms with Crippen LogP contribution in [0.4, 0.5) is 17.6 Å². The Morgan fingerprint density at radius 2 is 2.10 bits per heavy atom. The van der Waals surface area contributed by atoms with E-state index in [0.29, 0.717) is 0 Å². The summed E-state index contributed by atoms with van der Waals surface area (Å²) in [5, 5.41) is 2.62. The van der Waals surface area contributed by atoms with E-state index in [1.54, 1.807) is 6.92 Å². The quantitative estimate of drug-likeness (QED) is 0.685. The van der Waals surface area contributed by atoms with Crippen LogP contribution in [0.3, 0.4) is 0 Å². The Morgan fingerprint density at radius 3 is 2.70 bits per heavy atom. The number of nitrogens with one attached hydrogen (secondary N) is 1. The van der Waals surface area contributed by atoms with Gasteiger partial charge in [0, 0.05) is 11.1 Å². The maximum absolute atomic E-state index is 14.2. The first kappa shape index (κ1) is 15.0. The maximum atomic E-state index is 14.2. The zero-order chi connectivity index (χ0) is 15.0. The Bertz CT molecular complexity index is 524. The Kier molecular flexibility index (Phi) is 3.86. The fourth-order valence-electron chi connectivity index (χ4n) is 2.61. The van der Waals surface area contributed by atoms with Crippen LogP contribution in [0.25, 0.3) is 0 Å². The molecule has 1 aliphatic heterocycles. The molecule has 3 atom stereocenters. The predicted octanol–water partition coefficient (Wildman–Crippen LogP) is 2.81. The summed E-state index contributed by atoms with van der Waals surface area (Å²) in [4.78, 5) is 11.0. The van der Waals surface area contributed by atoms with Crippen molar-refractivity contribution in [3.05, 3.63) is 35.4 Å². The lowest BCUT2D eigenvalue weighted by molar-refractivity contribution is -0.117. The molecule has 2 unspecified atom stereocenters. The van der Waals surface area contributed by atoms with Crippen LogP contribution in [0, 0.1) is 11.6 Å². The molecule has 2 rings (SSSR count). The number of rotatable bonds is 3. The van der Waals surface area contributed by atoms with Crippen LogP contribution in [0.2, 0.25) is 0 Å². The Labute approximate surface area is 114 Å². The minimum atomic E-state index is -2.30. The second kappa shape index (κ2) is 5.16. The van der Waals surface area contributed by atoms with Crippen molar-refractivity contribution in [1.29, 1.82) is 0 Å². The molecule has 0 amide bonds. The zero-order valence-electron chi connectivity index (χ0n) is 10.9. The molecule has 0 aromatic heterocycles. The molecule has 110 valence electrons. The third-order valence-corrected chi connectivity index (χ3v) is 3.98. The number of aldehydes is 1. The lowest BCUT2D eigenvalue weighted by Crippen LogP contribution is -2.62. The average Bonchev–Trinajstić information content (AvgIpc) is 2.44. The minimum absolute atomic E-state index is 0.00487. The van der Waals surface area contributed by atoms with Gasteiger partial charge in [-0.15, -0.1) is 0 Å². The Balaban J connectivity index is 2.38. The van der Waals surface area contributed by atoms with E-state index >= 15 is 0 Å². The van der Waals surface area contributed by atoms with Crippen molar-refractivity contribution in [2.45, 2.75) is 37.0 Å². The number of hydrogen-bond acceptors (Lipinski definition) is 2. The molecule has 0 saturated carbocycles. The van der Waals surface area contributed by atoms with Crippen molar-refractivity contribution >= 4 is 6.29 Å². The predicted molar refractivity (Wildman–Crippen MR) is 65.7 cm³/mol. The molecule has 1 heterocycles. The SMILES string of the molecule is C[C@@]1(c2cccc(F)c2F)CCC(F)(CF)C(C=O)N1. The third-order valence-electron chi connectivity index (χ3n) is 3.98. The number of alkyl halides is 2. The summed E-state index contributed by atoms with van der Waals surface area (Å²) in [5.74, 6) is -2.06. The molecule has 0 bridgehead atoms. The van der Waals surface area contributed by atoms with Crippen molar-refractivity contribution in [1.82, 2.24) is 5.32 Å². The summed E-state index contributed by atoms with van der Waals surface area (Å²) in [5.41, 5.74) is -3.42. The van der Waals surface area contributed by atoms with E-state index in [2.05, 4.69) is 5.32 Å². The first-order chi connectivity index (χ1) is 9.36. The van der Waals surface area contributed by atoms with Crippen molar-refractivity contribution in [3.63, 3.8) is 0 Å². The van der Waals surface area contributed by atoms with E-state index in [0.717, 1.165) is 6.07 Å². The van der Waals surface area contributed by atoms with Gasteiger partial charge in [-0.2, -0.15) is 0 Å². The van der Waals surface area contributed by atoms with E-state index in [9.17, 15) is 22.4 Å². The van der Waals surface area contributed by atoms with Crippen LogP contribution in [0.5, 0.6) is 0 Å². The molecule has 0 spiro atoms. The molecule has 1 aromatic carbocycles. The van der Waals surface area contributed by atoms with E-state index in [1.807, 2.05) is 0 Å². The van der Waals surface area contributed by atoms with E-state index < -0.39 is 35.6 Å². The molecule has 0 aliphatic carbocycles. The number of carbonyl (C=O) groups is 1. The van der Waals surface area contributed by atoms with Gasteiger partial charge in [0.25, 0.3) is 0 Å². The lowest BCUT2D eigenvalue weighted by Gasteiger charge is -2.44. The van der Waals surface area contributed by atoms with Crippen molar-refractivity contribution < 1.29 is 22.4 Å². The summed E-state index contributed by atoms with van der Waals surface area (Å²) >= 11 is 0. The molecule has 0 radical (unpaired) electrons. The van der Waals surface area contributed by atoms with E-state index in [-0.39, 0.29) is 24.7 Å². The van der Waals surface area contributed by atoms with Gasteiger partial charge in [0.05, 0.1) is 0 Å². The largest absolute Gasteiger partial charge is 0.301 e. The molecule has 6 heteroatoms. The number of hydrogen-bond donors (Lipinski definition) is 1. The average molecular weight is 289 g/mol. The van der Waals surface area contributed by atoms with Crippen LogP contribution in [-0.2, 0) is 10.3 Å². The summed E-state index contributed by atoms with van der Waals surface area (Å²) < 4.78 is 54.1. The maximum Gasteiger partial charge on any atom is 0.163 e. The van der Waals surface area contributed by atoms with Gasteiger partial charge in [0.1, 0.15) is 19.0 Å². The second-order valence-corrected chi connectivity index (χ2v) is 5.36. The van der Waals surface area contributed by atoms with Crippen LogP contribution in [0.15, 0.2) is 18.2 Å². The number of carbonyl (C=O) groups excluding carboxylic acids is 1. The molecule has 1 N–H and O–H groups in total. The minimum Gasteiger partial charge on any atom is -0.301 e. The third kappa shape index (κ3) is 2.32. The smallest absolute Gasteiger partial charge is 0.163 e. The zero-order valence-corrected chi connectivity index (χ0v) is 10.9. The van der Waals surface area contributed by atoms with Gasteiger partial charge >= 0.3 is 0 Å². The topological polar surface area (TPSA) is 29.1 Å². The van der Waals surface area contributed by atoms with Crippen LogP contribution in [0.1, 0.15) is 25.3 Å². The van der Waals surface area contributed by atoms with E-state index in [4.69, 9.17) is 0 Å². The monoisotopic (exact) mass is 289 g/mol. The van der Waals surface area contributed by atoms with Gasteiger partial charge < -0.3 is 4.79 Å². The molecule has 1 fully saturated rings. The highest BCUT2D eigenvalue weighted by atomic mass is 19.2. The first-order valence-electron chi connectivity index (χ1n) is 6.29. The number of halogens is 4. The number of benzene rings is 1. The van der Waals surface area contributed by atoms with Gasteiger partial charge in [0.2, 0.25) is 0 Å². The molecule has 2 nitrogen and oxygen atoms in total.